The Kier molecular flexibility index (Phi) is 1.75. The molecule has 2 heterocycles. The Hall–Kier alpha value is -0.840. The van der Waals surface area contributed by atoms with Gasteiger partial charge in [0.2, 0.25) is 0 Å². The van der Waals surface area contributed by atoms with E-state index in [-0.39, 0.29) is 23.7 Å². The molecule has 2 saturated heterocycles. The van der Waals surface area contributed by atoms with Gasteiger partial charge in [0.05, 0.1) is 12.7 Å². The third-order valence-corrected chi connectivity index (χ3v) is 5.19. The Morgan fingerprint density at radius 1 is 1.41 bits per heavy atom. The monoisotopic (exact) mass is 239 g/mol. The van der Waals surface area contributed by atoms with Crippen LogP contribution in [0.2, 0.25) is 0 Å². The fourth-order valence-electron chi connectivity index (χ4n) is 4.38. The molecule has 2 amide bonds. The van der Waals surface area contributed by atoms with E-state index in [1.807, 2.05) is 9.80 Å². The van der Waals surface area contributed by atoms with Crippen molar-refractivity contribution in [3.05, 3.63) is 0 Å². The lowest BCUT2D eigenvalue weighted by atomic mass is 9.39. The van der Waals surface area contributed by atoms with Crippen LogP contribution in [-0.4, -0.2) is 60.3 Å². The molecule has 17 heavy (non-hydrogen) atoms. The summed E-state index contributed by atoms with van der Waals surface area (Å²) in [7, 11) is 0. The standard InChI is InChI=1S/C12H18FN3O/c13-8-11-5-12(6-11,7-11)16-4-9-3-14-1-2-15(9)10(16)17/h9,14H,1-8H2/t9-,11?,12?/m0/s1. The summed E-state index contributed by atoms with van der Waals surface area (Å²) < 4.78 is 12.8. The van der Waals surface area contributed by atoms with Crippen molar-refractivity contribution < 1.29 is 9.18 Å². The lowest BCUT2D eigenvalue weighted by Crippen LogP contribution is -2.75. The van der Waals surface area contributed by atoms with Crippen LogP contribution < -0.4 is 5.32 Å². The van der Waals surface area contributed by atoms with E-state index in [4.69, 9.17) is 0 Å². The zero-order chi connectivity index (χ0) is 11.7. The highest BCUT2D eigenvalue weighted by Gasteiger charge is 2.72. The van der Waals surface area contributed by atoms with E-state index >= 15 is 0 Å². The zero-order valence-electron chi connectivity index (χ0n) is 9.91. The van der Waals surface area contributed by atoms with Crippen LogP contribution in [0.4, 0.5) is 9.18 Å². The summed E-state index contributed by atoms with van der Waals surface area (Å²) >= 11 is 0. The van der Waals surface area contributed by atoms with E-state index in [1.165, 1.54) is 0 Å². The van der Waals surface area contributed by atoms with Gasteiger partial charge in [-0.2, -0.15) is 0 Å². The average Bonchev–Trinajstić information content (AvgIpc) is 2.55. The van der Waals surface area contributed by atoms with Gasteiger partial charge in [0, 0.05) is 37.1 Å². The van der Waals surface area contributed by atoms with Crippen molar-refractivity contribution in [1.29, 1.82) is 0 Å². The molecule has 4 nitrogen and oxygen atoms in total. The van der Waals surface area contributed by atoms with Crippen molar-refractivity contribution in [3.63, 3.8) is 0 Å². The molecular formula is C12H18FN3O. The molecule has 1 N–H and O–H groups in total. The largest absolute Gasteiger partial charge is 0.320 e. The normalized spacial score (nSPS) is 47.6. The molecule has 94 valence electrons. The maximum absolute atomic E-state index is 12.8. The number of rotatable bonds is 2. The van der Waals surface area contributed by atoms with Crippen molar-refractivity contribution in [3.8, 4) is 0 Å². The van der Waals surface area contributed by atoms with E-state index in [9.17, 15) is 9.18 Å². The van der Waals surface area contributed by atoms with Crippen LogP contribution in [0, 0.1) is 5.41 Å². The van der Waals surface area contributed by atoms with Crippen LogP contribution in [0.25, 0.3) is 0 Å². The van der Waals surface area contributed by atoms with Gasteiger partial charge in [0.1, 0.15) is 0 Å². The maximum atomic E-state index is 12.8. The summed E-state index contributed by atoms with van der Waals surface area (Å²) in [5, 5.41) is 3.34. The minimum atomic E-state index is -0.203. The first-order valence-corrected chi connectivity index (χ1v) is 6.53. The zero-order valence-corrected chi connectivity index (χ0v) is 9.91. The molecule has 0 aromatic rings. The molecule has 0 radical (unpaired) electrons. The van der Waals surface area contributed by atoms with Crippen LogP contribution in [0.3, 0.4) is 0 Å². The number of piperazine rings is 1. The van der Waals surface area contributed by atoms with Crippen molar-refractivity contribution in [1.82, 2.24) is 15.1 Å². The smallest absolute Gasteiger partial charge is 0.317 e. The van der Waals surface area contributed by atoms with Crippen molar-refractivity contribution >= 4 is 6.03 Å². The molecule has 0 spiro atoms. The Morgan fingerprint density at radius 2 is 2.18 bits per heavy atom. The number of nitrogens with one attached hydrogen (secondary N) is 1. The van der Waals surface area contributed by atoms with Crippen LogP contribution >= 0.6 is 0 Å². The van der Waals surface area contributed by atoms with E-state index in [2.05, 4.69) is 5.32 Å². The van der Waals surface area contributed by atoms with Crippen molar-refractivity contribution in [2.24, 2.45) is 5.41 Å². The van der Waals surface area contributed by atoms with E-state index in [1.54, 1.807) is 0 Å². The molecule has 1 atom stereocenters. The molecule has 2 aliphatic heterocycles. The van der Waals surface area contributed by atoms with Crippen LogP contribution in [0.15, 0.2) is 0 Å². The summed E-state index contributed by atoms with van der Waals surface area (Å²) in [6.07, 6.45) is 2.70. The van der Waals surface area contributed by atoms with Crippen LogP contribution in [0.5, 0.6) is 0 Å². The van der Waals surface area contributed by atoms with Gasteiger partial charge in [-0.15, -0.1) is 0 Å². The fourth-order valence-corrected chi connectivity index (χ4v) is 4.38. The summed E-state index contributed by atoms with van der Waals surface area (Å²) in [6, 6.07) is 0.537. The summed E-state index contributed by atoms with van der Waals surface area (Å²) in [5.74, 6) is 0. The van der Waals surface area contributed by atoms with Gasteiger partial charge in [-0.1, -0.05) is 0 Å². The third kappa shape index (κ3) is 1.09. The van der Waals surface area contributed by atoms with E-state index in [0.717, 1.165) is 45.4 Å². The molecule has 2 bridgehead atoms. The molecule has 3 aliphatic carbocycles. The van der Waals surface area contributed by atoms with Gasteiger partial charge in [-0.3, -0.25) is 4.39 Å². The van der Waals surface area contributed by atoms with Gasteiger partial charge in [0.15, 0.2) is 0 Å². The number of urea groups is 1. The molecule has 5 rings (SSSR count). The Bertz CT molecular complexity index is 366. The quantitative estimate of drug-likeness (QED) is 0.765. The first kappa shape index (κ1) is 10.1. The second-order valence-corrected chi connectivity index (χ2v) is 6.33. The maximum Gasteiger partial charge on any atom is 0.320 e. The highest BCUT2D eigenvalue weighted by Crippen LogP contribution is 2.70. The molecule has 5 aliphatic rings. The van der Waals surface area contributed by atoms with Gasteiger partial charge in [-0.05, 0) is 19.3 Å². The lowest BCUT2D eigenvalue weighted by Gasteiger charge is -2.72. The predicted molar refractivity (Wildman–Crippen MR) is 60.5 cm³/mol. The second-order valence-electron chi connectivity index (χ2n) is 6.33. The van der Waals surface area contributed by atoms with Gasteiger partial charge in [0.25, 0.3) is 0 Å². The minimum Gasteiger partial charge on any atom is -0.317 e. The van der Waals surface area contributed by atoms with Gasteiger partial charge in [-0.25, -0.2) is 4.79 Å². The molecule has 5 fully saturated rings. The fraction of sp³-hybridized carbons (Fsp3) is 0.917. The molecule has 5 heteroatoms. The number of carbonyl (C=O) groups excluding carboxylic acids is 1. The topological polar surface area (TPSA) is 35.6 Å². The lowest BCUT2D eigenvalue weighted by molar-refractivity contribution is -0.207. The summed E-state index contributed by atoms with van der Waals surface area (Å²) in [6.45, 7) is 3.27. The molecule has 3 saturated carbocycles. The number of hydrogen-bond donors (Lipinski definition) is 1. The number of halogens is 1. The number of carbonyl (C=O) groups is 1. The average molecular weight is 239 g/mol. The Labute approximate surface area is 100 Å². The highest BCUT2D eigenvalue weighted by molar-refractivity contribution is 5.79. The van der Waals surface area contributed by atoms with Crippen molar-refractivity contribution in [2.75, 3.05) is 32.9 Å². The van der Waals surface area contributed by atoms with E-state index in [0.29, 0.717) is 6.04 Å². The van der Waals surface area contributed by atoms with Gasteiger partial charge < -0.3 is 15.1 Å². The van der Waals surface area contributed by atoms with Crippen LogP contribution in [0.1, 0.15) is 19.3 Å². The number of fused-ring (bicyclic) bond motifs is 1. The predicted octanol–water partition coefficient (Wildman–Crippen LogP) is 0.588. The third-order valence-electron chi connectivity index (χ3n) is 5.19. The Morgan fingerprint density at radius 3 is 2.82 bits per heavy atom. The number of alkyl halides is 1. The SMILES string of the molecule is O=C1N2CCNC[C@H]2CN1C12CC(CF)(C1)C2. The first-order chi connectivity index (χ1) is 8.18. The first-order valence-electron chi connectivity index (χ1n) is 6.53. The number of nitrogens with zero attached hydrogens (tertiary/aromatic N) is 2. The second kappa shape index (κ2) is 2.94. The molecule has 0 aromatic heterocycles. The summed E-state index contributed by atoms with van der Waals surface area (Å²) in [5.41, 5.74) is 0.00212. The molecule has 0 unspecified atom stereocenters. The molecule has 0 aromatic carbocycles. The van der Waals surface area contributed by atoms with Gasteiger partial charge >= 0.3 is 6.03 Å². The van der Waals surface area contributed by atoms with Crippen molar-refractivity contribution in [2.45, 2.75) is 30.8 Å². The van der Waals surface area contributed by atoms with E-state index < -0.39 is 0 Å². The summed E-state index contributed by atoms with van der Waals surface area (Å²) in [4.78, 5) is 16.4. The highest BCUT2D eigenvalue weighted by atomic mass is 19.1. The Balaban J connectivity index is 1.52. The van der Waals surface area contributed by atoms with Crippen LogP contribution in [-0.2, 0) is 0 Å². The number of amides is 2. The minimum absolute atomic E-state index is 0.0401. The number of hydrogen-bond acceptors (Lipinski definition) is 2. The molecular weight excluding hydrogens is 221 g/mol.